The molecule has 0 radical (unpaired) electrons. The SMILES string of the molecule is CC1(C#N)CCN(C(=O)c2ccoc2Br)CC1. The summed E-state index contributed by atoms with van der Waals surface area (Å²) in [6, 6.07) is 3.98. The summed E-state index contributed by atoms with van der Waals surface area (Å²) in [4.78, 5) is 13.9. The van der Waals surface area contributed by atoms with E-state index in [1.54, 1.807) is 11.0 Å². The summed E-state index contributed by atoms with van der Waals surface area (Å²) in [6.45, 7) is 3.20. The lowest BCUT2D eigenvalue weighted by atomic mass is 9.82. The first-order valence-electron chi connectivity index (χ1n) is 5.49. The average Bonchev–Trinajstić information content (AvgIpc) is 2.76. The molecule has 1 fully saturated rings. The van der Waals surface area contributed by atoms with Crippen molar-refractivity contribution in [3.05, 3.63) is 22.6 Å². The van der Waals surface area contributed by atoms with Gasteiger partial charge < -0.3 is 9.32 Å². The van der Waals surface area contributed by atoms with E-state index >= 15 is 0 Å². The van der Waals surface area contributed by atoms with Crippen molar-refractivity contribution in [3.63, 3.8) is 0 Å². The van der Waals surface area contributed by atoms with Crippen LogP contribution in [0.4, 0.5) is 0 Å². The van der Waals surface area contributed by atoms with Gasteiger partial charge in [0.1, 0.15) is 0 Å². The maximum Gasteiger partial charge on any atom is 0.258 e. The molecule has 0 aromatic carbocycles. The third-order valence-corrected chi connectivity index (χ3v) is 3.89. The van der Waals surface area contributed by atoms with Crippen molar-refractivity contribution in [1.29, 1.82) is 5.26 Å². The Kier molecular flexibility index (Phi) is 3.25. The highest BCUT2D eigenvalue weighted by molar-refractivity contribution is 9.10. The minimum absolute atomic E-state index is 0.0365. The molecular weight excluding hydrogens is 284 g/mol. The third kappa shape index (κ3) is 2.37. The van der Waals surface area contributed by atoms with Gasteiger partial charge in [0, 0.05) is 13.1 Å². The molecule has 0 aliphatic carbocycles. The first-order valence-corrected chi connectivity index (χ1v) is 6.28. The molecule has 0 N–H and O–H groups in total. The van der Waals surface area contributed by atoms with Crippen LogP contribution in [-0.4, -0.2) is 23.9 Å². The van der Waals surface area contributed by atoms with Crippen molar-refractivity contribution in [1.82, 2.24) is 4.90 Å². The van der Waals surface area contributed by atoms with Crippen LogP contribution in [0, 0.1) is 16.7 Å². The standard InChI is InChI=1S/C12H13BrN2O2/c1-12(8-14)3-5-15(6-4-12)11(16)9-2-7-17-10(9)13/h2,7H,3-6H2,1H3. The molecule has 1 saturated heterocycles. The van der Waals surface area contributed by atoms with E-state index in [1.165, 1.54) is 6.26 Å². The van der Waals surface area contributed by atoms with Crippen LogP contribution in [0.1, 0.15) is 30.1 Å². The van der Waals surface area contributed by atoms with Crippen LogP contribution in [0.5, 0.6) is 0 Å². The van der Waals surface area contributed by atoms with E-state index in [0.717, 1.165) is 12.8 Å². The van der Waals surface area contributed by atoms with Crippen molar-refractivity contribution in [3.8, 4) is 6.07 Å². The van der Waals surface area contributed by atoms with Gasteiger partial charge in [-0.05, 0) is 41.8 Å². The molecule has 1 aromatic rings. The quantitative estimate of drug-likeness (QED) is 0.801. The molecule has 1 aliphatic heterocycles. The summed E-state index contributed by atoms with van der Waals surface area (Å²) in [5, 5.41) is 9.03. The minimum Gasteiger partial charge on any atom is -0.457 e. The third-order valence-electron chi connectivity index (χ3n) is 3.27. The first kappa shape index (κ1) is 12.2. The lowest BCUT2D eigenvalue weighted by Gasteiger charge is -2.34. The number of furan rings is 1. The number of hydrogen-bond donors (Lipinski definition) is 0. The summed E-state index contributed by atoms with van der Waals surface area (Å²) in [7, 11) is 0. The predicted molar refractivity (Wildman–Crippen MR) is 65.3 cm³/mol. The molecule has 1 aromatic heterocycles. The van der Waals surface area contributed by atoms with E-state index in [0.29, 0.717) is 23.3 Å². The van der Waals surface area contributed by atoms with Gasteiger partial charge in [-0.1, -0.05) is 0 Å². The number of halogens is 1. The van der Waals surface area contributed by atoms with Crippen molar-refractivity contribution < 1.29 is 9.21 Å². The Morgan fingerprint density at radius 2 is 2.24 bits per heavy atom. The van der Waals surface area contributed by atoms with Crippen LogP contribution in [0.15, 0.2) is 21.4 Å². The van der Waals surface area contributed by atoms with Crippen LogP contribution in [0.25, 0.3) is 0 Å². The molecule has 2 rings (SSSR count). The Morgan fingerprint density at radius 1 is 1.59 bits per heavy atom. The number of likely N-dealkylation sites (tertiary alicyclic amines) is 1. The fraction of sp³-hybridized carbons (Fsp3) is 0.500. The maximum absolute atomic E-state index is 12.1. The van der Waals surface area contributed by atoms with Crippen molar-refractivity contribution >= 4 is 21.8 Å². The molecule has 0 bridgehead atoms. The summed E-state index contributed by atoms with van der Waals surface area (Å²) in [5.41, 5.74) is 0.260. The zero-order valence-electron chi connectivity index (χ0n) is 9.57. The Bertz CT molecular complexity index is 467. The van der Waals surface area contributed by atoms with Crippen molar-refractivity contribution in [2.45, 2.75) is 19.8 Å². The van der Waals surface area contributed by atoms with E-state index in [4.69, 9.17) is 9.68 Å². The fourth-order valence-electron chi connectivity index (χ4n) is 1.93. The normalized spacial score (nSPS) is 18.8. The molecule has 17 heavy (non-hydrogen) atoms. The summed E-state index contributed by atoms with van der Waals surface area (Å²) in [5.74, 6) is -0.0365. The maximum atomic E-state index is 12.1. The van der Waals surface area contributed by atoms with Gasteiger partial charge in [0.15, 0.2) is 4.67 Å². The molecule has 1 aliphatic rings. The minimum atomic E-state index is -0.287. The van der Waals surface area contributed by atoms with Crippen LogP contribution in [0.3, 0.4) is 0 Å². The summed E-state index contributed by atoms with van der Waals surface area (Å²) in [6.07, 6.45) is 2.94. The van der Waals surface area contributed by atoms with E-state index in [-0.39, 0.29) is 11.3 Å². The molecule has 1 amide bonds. The largest absolute Gasteiger partial charge is 0.457 e. The number of nitrogens with zero attached hydrogens (tertiary/aromatic N) is 2. The molecule has 4 nitrogen and oxygen atoms in total. The van der Waals surface area contributed by atoms with Crippen molar-refractivity contribution in [2.24, 2.45) is 5.41 Å². The van der Waals surface area contributed by atoms with E-state index < -0.39 is 0 Å². The number of rotatable bonds is 1. The van der Waals surface area contributed by atoms with Crippen LogP contribution < -0.4 is 0 Å². The lowest BCUT2D eigenvalue weighted by molar-refractivity contribution is 0.0659. The number of amides is 1. The fourth-order valence-corrected chi connectivity index (χ4v) is 2.34. The summed E-state index contributed by atoms with van der Waals surface area (Å²) < 4.78 is 5.52. The van der Waals surface area contributed by atoms with E-state index in [2.05, 4.69) is 22.0 Å². The second-order valence-electron chi connectivity index (χ2n) is 4.57. The van der Waals surface area contributed by atoms with Gasteiger partial charge in [0.25, 0.3) is 5.91 Å². The highest BCUT2D eigenvalue weighted by Gasteiger charge is 2.32. The first-order chi connectivity index (χ1) is 8.06. The molecule has 5 heteroatoms. The molecule has 0 atom stereocenters. The second kappa shape index (κ2) is 4.53. The Hall–Kier alpha value is -1.28. The van der Waals surface area contributed by atoms with Gasteiger partial charge >= 0.3 is 0 Å². The molecule has 0 saturated carbocycles. The van der Waals surface area contributed by atoms with Gasteiger partial charge in [-0.15, -0.1) is 0 Å². The van der Waals surface area contributed by atoms with Gasteiger partial charge in [-0.3, -0.25) is 4.79 Å². The number of nitriles is 1. The Labute approximate surface area is 108 Å². The molecule has 90 valence electrons. The summed E-state index contributed by atoms with van der Waals surface area (Å²) >= 11 is 3.20. The Balaban J connectivity index is 2.06. The second-order valence-corrected chi connectivity index (χ2v) is 5.29. The van der Waals surface area contributed by atoms with Crippen LogP contribution in [0.2, 0.25) is 0 Å². The van der Waals surface area contributed by atoms with Gasteiger partial charge in [-0.25, -0.2) is 0 Å². The number of carbonyl (C=O) groups excluding carboxylic acids is 1. The molecule has 0 spiro atoms. The van der Waals surface area contributed by atoms with Crippen LogP contribution >= 0.6 is 15.9 Å². The van der Waals surface area contributed by atoms with Gasteiger partial charge in [-0.2, -0.15) is 5.26 Å². The number of piperidine rings is 1. The molecule has 2 heterocycles. The zero-order chi connectivity index (χ0) is 12.5. The lowest BCUT2D eigenvalue weighted by Crippen LogP contribution is -2.41. The van der Waals surface area contributed by atoms with Gasteiger partial charge in [0.05, 0.1) is 23.3 Å². The van der Waals surface area contributed by atoms with E-state index in [1.807, 2.05) is 6.92 Å². The Morgan fingerprint density at radius 3 is 2.71 bits per heavy atom. The van der Waals surface area contributed by atoms with Gasteiger partial charge in [0.2, 0.25) is 0 Å². The topological polar surface area (TPSA) is 57.2 Å². The number of hydrogen-bond acceptors (Lipinski definition) is 3. The smallest absolute Gasteiger partial charge is 0.258 e. The predicted octanol–water partition coefficient (Wildman–Crippen LogP) is 2.81. The van der Waals surface area contributed by atoms with Crippen molar-refractivity contribution in [2.75, 3.05) is 13.1 Å². The number of carbonyl (C=O) groups is 1. The monoisotopic (exact) mass is 296 g/mol. The zero-order valence-corrected chi connectivity index (χ0v) is 11.2. The molecule has 0 unspecified atom stereocenters. The molecular formula is C12H13BrN2O2. The average molecular weight is 297 g/mol. The van der Waals surface area contributed by atoms with E-state index in [9.17, 15) is 4.79 Å². The highest BCUT2D eigenvalue weighted by Crippen LogP contribution is 2.31. The van der Waals surface area contributed by atoms with Crippen LogP contribution in [-0.2, 0) is 0 Å². The highest BCUT2D eigenvalue weighted by atomic mass is 79.9.